The first-order valence-corrected chi connectivity index (χ1v) is 8.03. The summed E-state index contributed by atoms with van der Waals surface area (Å²) >= 11 is 0. The summed E-state index contributed by atoms with van der Waals surface area (Å²) in [4.78, 5) is 24.4. The van der Waals surface area contributed by atoms with E-state index in [0.717, 1.165) is 5.56 Å². The predicted octanol–water partition coefficient (Wildman–Crippen LogP) is 3.87. The van der Waals surface area contributed by atoms with Crippen molar-refractivity contribution in [3.63, 3.8) is 0 Å². The number of amides is 1. The van der Waals surface area contributed by atoms with Crippen molar-refractivity contribution in [3.05, 3.63) is 65.2 Å². The van der Waals surface area contributed by atoms with E-state index in [9.17, 15) is 9.59 Å². The summed E-state index contributed by atoms with van der Waals surface area (Å²) in [5, 5.41) is 11.6. The Hall–Kier alpha value is -3.13. The van der Waals surface area contributed by atoms with Crippen LogP contribution in [0.25, 0.3) is 0 Å². The van der Waals surface area contributed by atoms with E-state index in [1.807, 2.05) is 18.2 Å². The molecule has 2 aromatic carbocycles. The highest BCUT2D eigenvalue weighted by Gasteiger charge is 2.20. The number of anilines is 1. The van der Waals surface area contributed by atoms with E-state index >= 15 is 0 Å². The summed E-state index contributed by atoms with van der Waals surface area (Å²) in [5.41, 5.74) is 2.25. The lowest BCUT2D eigenvalue weighted by Gasteiger charge is -2.14. The van der Waals surface area contributed by atoms with Gasteiger partial charge in [0.05, 0.1) is 16.8 Å². The van der Waals surface area contributed by atoms with Gasteiger partial charge in [0.1, 0.15) is 6.07 Å². The Morgan fingerprint density at radius 1 is 1.04 bits per heavy atom. The number of nitrogens with zero attached hydrogens (tertiary/aromatic N) is 1. The van der Waals surface area contributed by atoms with Gasteiger partial charge in [-0.15, -0.1) is 0 Å². The SMILES string of the molecule is CC(C)c1ccc(C(=O)O[C@@H](C)C(=O)Nc2ccccc2C#N)cc1. The third-order valence-electron chi connectivity index (χ3n) is 3.77. The molecule has 0 heterocycles. The maximum atomic E-state index is 12.2. The number of hydrogen-bond acceptors (Lipinski definition) is 4. The number of esters is 1. The molecule has 2 rings (SSSR count). The first kappa shape index (κ1) is 18.2. The third kappa shape index (κ3) is 4.67. The minimum atomic E-state index is -0.982. The Balaban J connectivity index is 2.00. The number of nitrogens with one attached hydrogen (secondary N) is 1. The molecule has 1 atom stereocenters. The Labute approximate surface area is 147 Å². The van der Waals surface area contributed by atoms with Crippen LogP contribution in [-0.4, -0.2) is 18.0 Å². The average Bonchev–Trinajstić information content (AvgIpc) is 2.62. The number of para-hydroxylation sites is 1. The van der Waals surface area contributed by atoms with Crippen LogP contribution in [0.4, 0.5) is 5.69 Å². The molecule has 0 aliphatic heterocycles. The molecule has 0 aromatic heterocycles. The fourth-order valence-electron chi connectivity index (χ4n) is 2.21. The highest BCUT2D eigenvalue weighted by Crippen LogP contribution is 2.17. The van der Waals surface area contributed by atoms with Crippen molar-refractivity contribution in [2.45, 2.75) is 32.8 Å². The number of rotatable bonds is 5. The molecule has 1 N–H and O–H groups in total. The van der Waals surface area contributed by atoms with Gasteiger partial charge in [0, 0.05) is 0 Å². The Morgan fingerprint density at radius 3 is 2.28 bits per heavy atom. The van der Waals surface area contributed by atoms with Gasteiger partial charge in [0.15, 0.2) is 6.10 Å². The summed E-state index contributed by atoms with van der Waals surface area (Å²) in [7, 11) is 0. The molecule has 0 bridgehead atoms. The lowest BCUT2D eigenvalue weighted by Crippen LogP contribution is -2.30. The molecule has 0 spiro atoms. The lowest BCUT2D eigenvalue weighted by molar-refractivity contribution is -0.123. The molecule has 0 saturated heterocycles. The fraction of sp³-hybridized carbons (Fsp3) is 0.250. The van der Waals surface area contributed by atoms with E-state index in [-0.39, 0.29) is 0 Å². The molecule has 25 heavy (non-hydrogen) atoms. The normalized spacial score (nSPS) is 11.5. The van der Waals surface area contributed by atoms with Crippen molar-refractivity contribution in [2.75, 3.05) is 5.32 Å². The van der Waals surface area contributed by atoms with Crippen molar-refractivity contribution < 1.29 is 14.3 Å². The third-order valence-corrected chi connectivity index (χ3v) is 3.77. The van der Waals surface area contributed by atoms with E-state index in [1.165, 1.54) is 6.92 Å². The van der Waals surface area contributed by atoms with Gasteiger partial charge in [0.2, 0.25) is 0 Å². The molecular weight excluding hydrogens is 316 g/mol. The minimum absolute atomic E-state index is 0.346. The van der Waals surface area contributed by atoms with Gasteiger partial charge in [-0.2, -0.15) is 5.26 Å². The topological polar surface area (TPSA) is 79.2 Å². The van der Waals surface area contributed by atoms with Crippen molar-refractivity contribution in [2.24, 2.45) is 0 Å². The molecule has 0 radical (unpaired) electrons. The number of nitriles is 1. The monoisotopic (exact) mass is 336 g/mol. The number of carbonyl (C=O) groups is 2. The van der Waals surface area contributed by atoms with Crippen molar-refractivity contribution >= 4 is 17.6 Å². The van der Waals surface area contributed by atoms with E-state index in [1.54, 1.807) is 36.4 Å². The first-order chi connectivity index (χ1) is 11.9. The molecule has 2 aromatic rings. The molecular formula is C20H20N2O3. The second-order valence-electron chi connectivity index (χ2n) is 5.97. The molecule has 128 valence electrons. The van der Waals surface area contributed by atoms with Crippen LogP contribution in [0.15, 0.2) is 48.5 Å². The highest BCUT2D eigenvalue weighted by molar-refractivity contribution is 5.98. The second kappa shape index (κ2) is 8.11. The number of benzene rings is 2. The van der Waals surface area contributed by atoms with Crippen LogP contribution in [0.2, 0.25) is 0 Å². The maximum Gasteiger partial charge on any atom is 0.338 e. The van der Waals surface area contributed by atoms with Gasteiger partial charge in [-0.05, 0) is 42.7 Å². The van der Waals surface area contributed by atoms with Gasteiger partial charge in [-0.3, -0.25) is 4.79 Å². The number of ether oxygens (including phenoxy) is 1. The van der Waals surface area contributed by atoms with E-state index in [0.29, 0.717) is 22.7 Å². The fourth-order valence-corrected chi connectivity index (χ4v) is 2.21. The van der Waals surface area contributed by atoms with Crippen LogP contribution in [0.5, 0.6) is 0 Å². The number of hydrogen-bond donors (Lipinski definition) is 1. The summed E-state index contributed by atoms with van der Waals surface area (Å²) in [6, 6.07) is 15.8. The molecule has 0 aliphatic rings. The molecule has 0 unspecified atom stereocenters. The Bertz CT molecular complexity index is 804. The smallest absolute Gasteiger partial charge is 0.338 e. The summed E-state index contributed by atoms with van der Waals surface area (Å²) in [6.07, 6.45) is -0.982. The van der Waals surface area contributed by atoms with Crippen molar-refractivity contribution in [1.82, 2.24) is 0 Å². The Morgan fingerprint density at radius 2 is 1.68 bits per heavy atom. The van der Waals surface area contributed by atoms with E-state index < -0.39 is 18.0 Å². The summed E-state index contributed by atoms with van der Waals surface area (Å²) < 4.78 is 5.21. The summed E-state index contributed by atoms with van der Waals surface area (Å²) in [5.74, 6) is -0.684. The molecule has 0 fully saturated rings. The zero-order valence-electron chi connectivity index (χ0n) is 14.4. The average molecular weight is 336 g/mol. The van der Waals surface area contributed by atoms with Gasteiger partial charge in [-0.1, -0.05) is 38.1 Å². The molecule has 1 amide bonds. The molecule has 5 nitrogen and oxygen atoms in total. The van der Waals surface area contributed by atoms with E-state index in [2.05, 4.69) is 19.2 Å². The van der Waals surface area contributed by atoms with Crippen LogP contribution in [0.3, 0.4) is 0 Å². The minimum Gasteiger partial charge on any atom is -0.449 e. The van der Waals surface area contributed by atoms with Crippen molar-refractivity contribution in [3.8, 4) is 6.07 Å². The molecule has 0 saturated carbocycles. The number of carbonyl (C=O) groups excluding carboxylic acids is 2. The standard InChI is InChI=1S/C20H20N2O3/c1-13(2)15-8-10-16(11-9-15)20(24)25-14(3)19(23)22-18-7-5-4-6-17(18)12-21/h4-11,13-14H,1-3H3,(H,22,23)/t14-/m0/s1. The van der Waals surface area contributed by atoms with Gasteiger partial charge in [0.25, 0.3) is 5.91 Å². The van der Waals surface area contributed by atoms with Gasteiger partial charge in [-0.25, -0.2) is 4.79 Å². The second-order valence-corrected chi connectivity index (χ2v) is 5.97. The van der Waals surface area contributed by atoms with Crippen LogP contribution < -0.4 is 5.32 Å². The van der Waals surface area contributed by atoms with Crippen LogP contribution in [-0.2, 0) is 9.53 Å². The largest absolute Gasteiger partial charge is 0.449 e. The first-order valence-electron chi connectivity index (χ1n) is 8.03. The van der Waals surface area contributed by atoms with Crippen molar-refractivity contribution in [1.29, 1.82) is 5.26 Å². The lowest BCUT2D eigenvalue weighted by atomic mass is 10.0. The molecule has 5 heteroatoms. The van der Waals surface area contributed by atoms with Crippen LogP contribution in [0.1, 0.15) is 48.2 Å². The summed E-state index contributed by atoms with van der Waals surface area (Å²) in [6.45, 7) is 5.63. The zero-order valence-corrected chi connectivity index (χ0v) is 14.4. The Kier molecular flexibility index (Phi) is 5.91. The predicted molar refractivity (Wildman–Crippen MR) is 95.2 cm³/mol. The molecule has 0 aliphatic carbocycles. The van der Waals surface area contributed by atoms with Gasteiger partial charge < -0.3 is 10.1 Å². The van der Waals surface area contributed by atoms with Crippen LogP contribution >= 0.6 is 0 Å². The van der Waals surface area contributed by atoms with E-state index in [4.69, 9.17) is 10.00 Å². The highest BCUT2D eigenvalue weighted by atomic mass is 16.5. The maximum absolute atomic E-state index is 12.2. The quantitative estimate of drug-likeness (QED) is 0.841. The van der Waals surface area contributed by atoms with Crippen LogP contribution in [0, 0.1) is 11.3 Å². The zero-order chi connectivity index (χ0) is 18.4. The van der Waals surface area contributed by atoms with Gasteiger partial charge >= 0.3 is 5.97 Å².